The Morgan fingerprint density at radius 1 is 0.967 bits per heavy atom. The zero-order valence-corrected chi connectivity index (χ0v) is 16.9. The summed E-state index contributed by atoms with van der Waals surface area (Å²) in [5.41, 5.74) is 1.70. The van der Waals surface area contributed by atoms with E-state index in [-0.39, 0.29) is 5.91 Å². The lowest BCUT2D eigenvalue weighted by Gasteiger charge is -2.35. The quantitative estimate of drug-likeness (QED) is 0.691. The summed E-state index contributed by atoms with van der Waals surface area (Å²) in [5.74, 6) is 2.57. The smallest absolute Gasteiger partial charge is 0.254 e. The molecule has 1 N–H and O–H groups in total. The van der Waals surface area contributed by atoms with Crippen LogP contribution < -0.4 is 15.0 Å². The van der Waals surface area contributed by atoms with Crippen LogP contribution in [-0.4, -0.2) is 64.3 Å². The van der Waals surface area contributed by atoms with Gasteiger partial charge in [-0.3, -0.25) is 4.79 Å². The van der Waals surface area contributed by atoms with Gasteiger partial charge in [-0.25, -0.2) is 9.97 Å². The Morgan fingerprint density at radius 3 is 2.47 bits per heavy atom. The second kappa shape index (κ2) is 8.73. The Labute approximate surface area is 174 Å². The number of hydrogen-bond acceptors (Lipinski definition) is 8. The fourth-order valence-electron chi connectivity index (χ4n) is 3.27. The molecule has 1 amide bonds. The van der Waals surface area contributed by atoms with Gasteiger partial charge in [0.15, 0.2) is 11.6 Å². The standard InChI is InChI=1S/C21H23N7O2/c1-15-5-7-22-18(13-15)24-17-3-4-19(26-25-17)27-9-11-28(12-10-27)21(29)16-6-8-23-20(14-16)30-2/h3-8,13-14H,9-12H2,1-2H3,(H,22,24,25). The zero-order valence-electron chi connectivity index (χ0n) is 16.9. The van der Waals surface area contributed by atoms with Crippen LogP contribution in [0.15, 0.2) is 48.8 Å². The number of hydrogen-bond donors (Lipinski definition) is 1. The number of aromatic nitrogens is 4. The second-order valence-electron chi connectivity index (χ2n) is 6.99. The van der Waals surface area contributed by atoms with Crippen LogP contribution in [0, 0.1) is 6.92 Å². The lowest BCUT2D eigenvalue weighted by atomic mass is 10.2. The fraction of sp³-hybridized carbons (Fsp3) is 0.286. The molecule has 3 aromatic heterocycles. The first-order chi connectivity index (χ1) is 14.6. The Morgan fingerprint density at radius 2 is 1.77 bits per heavy atom. The number of methoxy groups -OCH3 is 1. The maximum atomic E-state index is 12.7. The van der Waals surface area contributed by atoms with E-state index in [9.17, 15) is 4.79 Å². The minimum atomic E-state index is -0.0216. The molecule has 0 saturated carbocycles. The number of amides is 1. The highest BCUT2D eigenvalue weighted by atomic mass is 16.5. The highest BCUT2D eigenvalue weighted by Crippen LogP contribution is 2.18. The first kappa shape index (κ1) is 19.6. The summed E-state index contributed by atoms with van der Waals surface area (Å²) < 4.78 is 5.11. The predicted octanol–water partition coefficient (Wildman–Crippen LogP) is 2.29. The van der Waals surface area contributed by atoms with Crippen molar-refractivity contribution in [3.05, 3.63) is 59.9 Å². The van der Waals surface area contributed by atoms with Crippen molar-refractivity contribution >= 4 is 23.4 Å². The molecule has 1 saturated heterocycles. The van der Waals surface area contributed by atoms with Crippen LogP contribution in [0.5, 0.6) is 5.88 Å². The van der Waals surface area contributed by atoms with E-state index in [2.05, 4.69) is 30.4 Å². The van der Waals surface area contributed by atoms with E-state index in [4.69, 9.17) is 4.74 Å². The number of carbonyl (C=O) groups excluding carboxylic acids is 1. The number of aryl methyl sites for hydroxylation is 1. The van der Waals surface area contributed by atoms with Crippen molar-refractivity contribution in [2.45, 2.75) is 6.92 Å². The predicted molar refractivity (Wildman–Crippen MR) is 113 cm³/mol. The molecule has 0 aromatic carbocycles. The summed E-state index contributed by atoms with van der Waals surface area (Å²) >= 11 is 0. The summed E-state index contributed by atoms with van der Waals surface area (Å²) in [7, 11) is 1.54. The van der Waals surface area contributed by atoms with E-state index in [0.29, 0.717) is 43.4 Å². The normalized spacial score (nSPS) is 13.8. The van der Waals surface area contributed by atoms with Crippen molar-refractivity contribution in [2.24, 2.45) is 0 Å². The van der Waals surface area contributed by atoms with Crippen molar-refractivity contribution in [3.8, 4) is 5.88 Å². The summed E-state index contributed by atoms with van der Waals surface area (Å²) in [4.78, 5) is 25.0. The molecule has 0 unspecified atom stereocenters. The SMILES string of the molecule is COc1cc(C(=O)N2CCN(c3ccc(Nc4cc(C)ccn4)nn3)CC2)ccn1. The van der Waals surface area contributed by atoms with E-state index in [1.54, 1.807) is 24.5 Å². The molecule has 9 heteroatoms. The maximum Gasteiger partial charge on any atom is 0.254 e. The minimum absolute atomic E-state index is 0.0216. The number of rotatable bonds is 5. The molecule has 4 rings (SSSR count). The topological polar surface area (TPSA) is 96.4 Å². The van der Waals surface area contributed by atoms with Gasteiger partial charge in [-0.05, 0) is 42.8 Å². The van der Waals surface area contributed by atoms with Crippen LogP contribution in [0.25, 0.3) is 0 Å². The van der Waals surface area contributed by atoms with E-state index in [1.165, 1.54) is 7.11 Å². The molecule has 0 bridgehead atoms. The number of piperazine rings is 1. The molecule has 154 valence electrons. The number of carbonyl (C=O) groups is 1. The third kappa shape index (κ3) is 4.45. The van der Waals surface area contributed by atoms with Crippen LogP contribution in [0.2, 0.25) is 0 Å². The average molecular weight is 405 g/mol. The van der Waals surface area contributed by atoms with Gasteiger partial charge in [-0.2, -0.15) is 0 Å². The Balaban J connectivity index is 1.35. The highest BCUT2D eigenvalue weighted by Gasteiger charge is 2.23. The van der Waals surface area contributed by atoms with Gasteiger partial charge in [0.05, 0.1) is 7.11 Å². The van der Waals surface area contributed by atoms with Crippen molar-refractivity contribution < 1.29 is 9.53 Å². The molecule has 1 aliphatic rings. The van der Waals surface area contributed by atoms with Crippen LogP contribution in [0.3, 0.4) is 0 Å². The van der Waals surface area contributed by atoms with Gasteiger partial charge < -0.3 is 19.9 Å². The van der Waals surface area contributed by atoms with Gasteiger partial charge in [0, 0.05) is 50.2 Å². The van der Waals surface area contributed by atoms with Gasteiger partial charge in [0.25, 0.3) is 5.91 Å². The van der Waals surface area contributed by atoms with Crippen molar-refractivity contribution in [3.63, 3.8) is 0 Å². The Hall–Kier alpha value is -3.75. The monoisotopic (exact) mass is 405 g/mol. The van der Waals surface area contributed by atoms with Crippen LogP contribution in [0.4, 0.5) is 17.5 Å². The molecule has 3 aromatic rings. The number of ether oxygens (including phenoxy) is 1. The minimum Gasteiger partial charge on any atom is -0.481 e. The third-order valence-electron chi connectivity index (χ3n) is 4.90. The fourth-order valence-corrected chi connectivity index (χ4v) is 3.27. The summed E-state index contributed by atoms with van der Waals surface area (Å²) in [5, 5.41) is 11.7. The average Bonchev–Trinajstić information content (AvgIpc) is 2.79. The Kier molecular flexibility index (Phi) is 5.69. The van der Waals surface area contributed by atoms with E-state index in [0.717, 1.165) is 17.2 Å². The molecule has 9 nitrogen and oxygen atoms in total. The molecular formula is C21H23N7O2. The van der Waals surface area contributed by atoms with Crippen molar-refractivity contribution in [1.82, 2.24) is 25.1 Å². The van der Waals surface area contributed by atoms with E-state index in [1.807, 2.05) is 36.1 Å². The number of nitrogens with zero attached hydrogens (tertiary/aromatic N) is 6. The highest BCUT2D eigenvalue weighted by molar-refractivity contribution is 5.94. The number of anilines is 3. The van der Waals surface area contributed by atoms with Gasteiger partial charge >= 0.3 is 0 Å². The van der Waals surface area contributed by atoms with Gasteiger partial charge in [0.2, 0.25) is 5.88 Å². The Bertz CT molecular complexity index is 1020. The molecule has 0 spiro atoms. The van der Waals surface area contributed by atoms with Gasteiger partial charge in [-0.15, -0.1) is 10.2 Å². The van der Waals surface area contributed by atoms with Gasteiger partial charge in [0.1, 0.15) is 5.82 Å². The van der Waals surface area contributed by atoms with Crippen LogP contribution in [-0.2, 0) is 0 Å². The van der Waals surface area contributed by atoms with Crippen molar-refractivity contribution in [1.29, 1.82) is 0 Å². The number of pyridine rings is 2. The maximum absolute atomic E-state index is 12.7. The van der Waals surface area contributed by atoms with E-state index >= 15 is 0 Å². The molecule has 1 fully saturated rings. The molecule has 1 aliphatic heterocycles. The largest absolute Gasteiger partial charge is 0.481 e. The van der Waals surface area contributed by atoms with Crippen LogP contribution >= 0.6 is 0 Å². The summed E-state index contributed by atoms with van der Waals surface area (Å²) in [6, 6.07) is 11.1. The van der Waals surface area contributed by atoms with Gasteiger partial charge in [-0.1, -0.05) is 0 Å². The zero-order chi connectivity index (χ0) is 20.9. The first-order valence-electron chi connectivity index (χ1n) is 9.70. The lowest BCUT2D eigenvalue weighted by molar-refractivity contribution is 0.0746. The number of nitrogens with one attached hydrogen (secondary N) is 1. The molecule has 30 heavy (non-hydrogen) atoms. The van der Waals surface area contributed by atoms with Crippen LogP contribution in [0.1, 0.15) is 15.9 Å². The molecule has 4 heterocycles. The molecular weight excluding hydrogens is 382 g/mol. The molecule has 0 radical (unpaired) electrons. The molecule has 0 aliphatic carbocycles. The van der Waals surface area contributed by atoms with Crippen molar-refractivity contribution in [2.75, 3.05) is 43.5 Å². The second-order valence-corrected chi connectivity index (χ2v) is 6.99. The molecule has 0 atom stereocenters. The lowest BCUT2D eigenvalue weighted by Crippen LogP contribution is -2.49. The van der Waals surface area contributed by atoms with E-state index < -0.39 is 0 Å². The summed E-state index contributed by atoms with van der Waals surface area (Å²) in [6.45, 7) is 4.61. The summed E-state index contributed by atoms with van der Waals surface area (Å²) in [6.07, 6.45) is 3.34. The first-order valence-corrected chi connectivity index (χ1v) is 9.70. The third-order valence-corrected chi connectivity index (χ3v) is 4.90.